The molecule has 0 bridgehead atoms. The largest absolute Gasteiger partial charge is 0.463 e. The highest BCUT2D eigenvalue weighted by atomic mass is 16.5. The van der Waals surface area contributed by atoms with E-state index in [1.807, 2.05) is 36.7 Å². The molecule has 0 atom stereocenters. The van der Waals surface area contributed by atoms with E-state index in [0.717, 1.165) is 22.5 Å². The van der Waals surface area contributed by atoms with Gasteiger partial charge in [0.05, 0.1) is 12.3 Å². The number of fused-ring (bicyclic) bond motifs is 1. The van der Waals surface area contributed by atoms with Crippen LogP contribution in [0.5, 0.6) is 0 Å². The first-order valence-corrected chi connectivity index (χ1v) is 5.91. The van der Waals surface area contributed by atoms with Gasteiger partial charge in [0.25, 0.3) is 0 Å². The molecular formula is C14H16N2O2. The van der Waals surface area contributed by atoms with Crippen LogP contribution in [-0.2, 0) is 9.53 Å². The number of rotatable bonds is 3. The third-order valence-corrected chi connectivity index (χ3v) is 2.58. The molecule has 94 valence electrons. The van der Waals surface area contributed by atoms with E-state index in [0.29, 0.717) is 6.61 Å². The molecule has 4 nitrogen and oxygen atoms in total. The first kappa shape index (κ1) is 12.4. The molecule has 18 heavy (non-hydrogen) atoms. The van der Waals surface area contributed by atoms with Gasteiger partial charge in [0.15, 0.2) is 0 Å². The maximum atomic E-state index is 11.2. The summed E-state index contributed by atoms with van der Waals surface area (Å²) in [6.45, 7) is 6.14. The van der Waals surface area contributed by atoms with Crippen LogP contribution in [0.3, 0.4) is 0 Å². The first-order chi connectivity index (χ1) is 8.60. The number of esters is 1. The van der Waals surface area contributed by atoms with Crippen LogP contribution in [0.15, 0.2) is 24.5 Å². The molecule has 0 saturated heterocycles. The monoisotopic (exact) mass is 244 g/mol. The normalized spacial score (nSPS) is 11.3. The third-order valence-electron chi connectivity index (χ3n) is 2.58. The molecule has 2 rings (SSSR count). The van der Waals surface area contributed by atoms with Gasteiger partial charge < -0.3 is 9.14 Å². The van der Waals surface area contributed by atoms with E-state index in [-0.39, 0.29) is 5.97 Å². The van der Waals surface area contributed by atoms with Crippen LogP contribution in [0.4, 0.5) is 0 Å². The van der Waals surface area contributed by atoms with E-state index in [2.05, 4.69) is 4.98 Å². The van der Waals surface area contributed by atoms with Gasteiger partial charge >= 0.3 is 5.97 Å². The summed E-state index contributed by atoms with van der Waals surface area (Å²) < 4.78 is 6.81. The molecule has 0 saturated carbocycles. The molecule has 0 aromatic carbocycles. The summed E-state index contributed by atoms with van der Waals surface area (Å²) in [5, 5.41) is 0. The Hall–Kier alpha value is -2.10. The number of nitrogens with zero attached hydrogens (tertiary/aromatic N) is 2. The van der Waals surface area contributed by atoms with E-state index in [1.54, 1.807) is 13.0 Å². The van der Waals surface area contributed by atoms with Gasteiger partial charge in [0.1, 0.15) is 5.65 Å². The van der Waals surface area contributed by atoms with E-state index in [1.165, 1.54) is 6.08 Å². The Bertz CT molecular complexity index is 612. The zero-order valence-corrected chi connectivity index (χ0v) is 10.8. The molecule has 0 unspecified atom stereocenters. The summed E-state index contributed by atoms with van der Waals surface area (Å²) in [6, 6.07) is 2.00. The smallest absolute Gasteiger partial charge is 0.330 e. The molecular weight excluding hydrogens is 228 g/mol. The molecule has 2 heterocycles. The second-order valence-electron chi connectivity index (χ2n) is 4.15. The van der Waals surface area contributed by atoms with E-state index < -0.39 is 0 Å². The highest BCUT2D eigenvalue weighted by molar-refractivity contribution is 5.87. The quantitative estimate of drug-likeness (QED) is 0.615. The Morgan fingerprint density at radius 2 is 2.22 bits per heavy atom. The molecule has 0 N–H and O–H groups in total. The van der Waals surface area contributed by atoms with Gasteiger partial charge in [0.2, 0.25) is 0 Å². The maximum absolute atomic E-state index is 11.2. The molecule has 0 aliphatic heterocycles. The van der Waals surface area contributed by atoms with Gasteiger partial charge in [-0.15, -0.1) is 0 Å². The predicted octanol–water partition coefficient (Wildman–Crippen LogP) is 2.53. The molecule has 4 heteroatoms. The second kappa shape index (κ2) is 5.04. The highest BCUT2D eigenvalue weighted by Crippen LogP contribution is 2.14. The van der Waals surface area contributed by atoms with Crippen LogP contribution < -0.4 is 0 Å². The van der Waals surface area contributed by atoms with Crippen LogP contribution in [0.1, 0.15) is 23.7 Å². The van der Waals surface area contributed by atoms with Crippen molar-refractivity contribution in [1.29, 1.82) is 0 Å². The molecule has 0 fully saturated rings. The van der Waals surface area contributed by atoms with E-state index in [4.69, 9.17) is 4.74 Å². The third kappa shape index (κ3) is 2.59. The fraction of sp³-hybridized carbons (Fsp3) is 0.286. The minimum Gasteiger partial charge on any atom is -0.463 e. The lowest BCUT2D eigenvalue weighted by molar-refractivity contribution is -0.137. The molecule has 0 radical (unpaired) electrons. The number of carbonyl (C=O) groups is 1. The van der Waals surface area contributed by atoms with Gasteiger partial charge in [-0.25, -0.2) is 9.78 Å². The lowest BCUT2D eigenvalue weighted by Gasteiger charge is -2.01. The molecule has 0 spiro atoms. The molecule has 2 aromatic rings. The Kier molecular flexibility index (Phi) is 3.46. The molecule has 0 aliphatic carbocycles. The first-order valence-electron chi connectivity index (χ1n) is 5.91. The Labute approximate surface area is 106 Å². The lowest BCUT2D eigenvalue weighted by atomic mass is 10.2. The number of aryl methyl sites for hydroxylation is 2. The van der Waals surface area contributed by atoms with Crippen molar-refractivity contribution in [2.24, 2.45) is 0 Å². The van der Waals surface area contributed by atoms with Crippen molar-refractivity contribution in [3.8, 4) is 0 Å². The maximum Gasteiger partial charge on any atom is 0.330 e. The number of pyridine rings is 1. The number of aromatic nitrogens is 2. The summed E-state index contributed by atoms with van der Waals surface area (Å²) in [5.41, 5.74) is 3.95. The zero-order chi connectivity index (χ0) is 13.1. The van der Waals surface area contributed by atoms with Crippen LogP contribution in [-0.4, -0.2) is 22.0 Å². The lowest BCUT2D eigenvalue weighted by Crippen LogP contribution is -1.98. The Balaban J connectivity index is 2.32. The van der Waals surface area contributed by atoms with Crippen molar-refractivity contribution in [2.45, 2.75) is 20.8 Å². The SMILES string of the molecule is CCOC(=O)/C=C/c1cc(C)c2nc(C)cn2c1. The summed E-state index contributed by atoms with van der Waals surface area (Å²) in [6.07, 6.45) is 7.09. The van der Waals surface area contributed by atoms with Crippen LogP contribution in [0, 0.1) is 13.8 Å². The fourth-order valence-corrected chi connectivity index (χ4v) is 1.86. The number of hydrogen-bond donors (Lipinski definition) is 0. The van der Waals surface area contributed by atoms with Crippen LogP contribution in [0.2, 0.25) is 0 Å². The van der Waals surface area contributed by atoms with Crippen molar-refractivity contribution in [3.05, 3.63) is 41.4 Å². The molecule has 2 aromatic heterocycles. The summed E-state index contributed by atoms with van der Waals surface area (Å²) in [7, 11) is 0. The minimum absolute atomic E-state index is 0.322. The topological polar surface area (TPSA) is 43.6 Å². The van der Waals surface area contributed by atoms with Gasteiger partial charge in [-0.2, -0.15) is 0 Å². The number of hydrogen-bond acceptors (Lipinski definition) is 3. The van der Waals surface area contributed by atoms with Crippen LogP contribution >= 0.6 is 0 Å². The summed E-state index contributed by atoms with van der Waals surface area (Å²) in [5.74, 6) is -0.322. The average Bonchev–Trinajstić information content (AvgIpc) is 2.68. The van der Waals surface area contributed by atoms with Crippen LogP contribution in [0.25, 0.3) is 11.7 Å². The van der Waals surface area contributed by atoms with Gasteiger partial charge in [-0.05, 0) is 44.0 Å². The number of carbonyl (C=O) groups excluding carboxylic acids is 1. The van der Waals surface area contributed by atoms with Crippen molar-refractivity contribution >= 4 is 17.7 Å². The fourth-order valence-electron chi connectivity index (χ4n) is 1.86. The molecule has 0 aliphatic rings. The number of imidazole rings is 1. The standard InChI is InChI=1S/C14H16N2O2/c1-4-18-13(17)6-5-12-7-10(2)14-15-11(3)8-16(14)9-12/h5-9H,4H2,1-3H3/b6-5+. The van der Waals surface area contributed by atoms with Crippen molar-refractivity contribution in [2.75, 3.05) is 6.61 Å². The second-order valence-corrected chi connectivity index (χ2v) is 4.15. The van der Waals surface area contributed by atoms with E-state index >= 15 is 0 Å². The highest BCUT2D eigenvalue weighted by Gasteiger charge is 2.02. The predicted molar refractivity (Wildman–Crippen MR) is 70.3 cm³/mol. The Morgan fingerprint density at radius 1 is 1.44 bits per heavy atom. The average molecular weight is 244 g/mol. The summed E-state index contributed by atoms with van der Waals surface area (Å²) in [4.78, 5) is 15.7. The minimum atomic E-state index is -0.322. The van der Waals surface area contributed by atoms with Gasteiger partial charge in [-0.1, -0.05) is 0 Å². The van der Waals surface area contributed by atoms with E-state index in [9.17, 15) is 4.79 Å². The van der Waals surface area contributed by atoms with Crippen molar-refractivity contribution in [1.82, 2.24) is 9.38 Å². The van der Waals surface area contributed by atoms with Crippen molar-refractivity contribution in [3.63, 3.8) is 0 Å². The Morgan fingerprint density at radius 3 is 2.94 bits per heavy atom. The van der Waals surface area contributed by atoms with Crippen molar-refractivity contribution < 1.29 is 9.53 Å². The van der Waals surface area contributed by atoms with Gasteiger partial charge in [-0.3, -0.25) is 0 Å². The molecule has 0 amide bonds. The van der Waals surface area contributed by atoms with Gasteiger partial charge in [0, 0.05) is 18.5 Å². The summed E-state index contributed by atoms with van der Waals surface area (Å²) >= 11 is 0. The zero-order valence-electron chi connectivity index (χ0n) is 10.8. The number of ether oxygens (including phenoxy) is 1.